The van der Waals surface area contributed by atoms with Crippen LogP contribution in [0.5, 0.6) is 0 Å². The molecule has 0 saturated carbocycles. The molecule has 1 rings (SSSR count). The normalized spacial score (nSPS) is 18.3. The monoisotopic (exact) mass is 229 g/mol. The third-order valence-corrected chi connectivity index (χ3v) is 2.71. The van der Waals surface area contributed by atoms with E-state index in [1.54, 1.807) is 4.90 Å². The van der Waals surface area contributed by atoms with Gasteiger partial charge in [-0.25, -0.2) is 9.59 Å². The molecule has 1 saturated heterocycles. The van der Waals surface area contributed by atoms with Gasteiger partial charge >= 0.3 is 11.9 Å². The minimum atomic E-state index is -1.11. The van der Waals surface area contributed by atoms with Gasteiger partial charge in [-0.2, -0.15) is 0 Å². The van der Waals surface area contributed by atoms with Crippen LogP contribution < -0.4 is 0 Å². The standard InChI is InChI=1S/C11H19NO4/c1-2-3-8-16-11(15)9(10(13)14)12-6-4-5-7-12/h9H,2-8H2,1H3,(H,13,14). The number of hydrogen-bond acceptors (Lipinski definition) is 4. The van der Waals surface area contributed by atoms with E-state index in [0.717, 1.165) is 25.7 Å². The molecule has 0 amide bonds. The average molecular weight is 229 g/mol. The lowest BCUT2D eigenvalue weighted by atomic mass is 10.2. The van der Waals surface area contributed by atoms with Crippen LogP contribution in [0.2, 0.25) is 0 Å². The Hall–Kier alpha value is -1.10. The second-order valence-corrected chi connectivity index (χ2v) is 4.00. The van der Waals surface area contributed by atoms with Crippen LogP contribution >= 0.6 is 0 Å². The Morgan fingerprint density at radius 2 is 2.00 bits per heavy atom. The van der Waals surface area contributed by atoms with Gasteiger partial charge in [0.25, 0.3) is 0 Å². The fraction of sp³-hybridized carbons (Fsp3) is 0.818. The van der Waals surface area contributed by atoms with E-state index < -0.39 is 18.0 Å². The van der Waals surface area contributed by atoms with Gasteiger partial charge in [0.2, 0.25) is 6.04 Å². The fourth-order valence-corrected chi connectivity index (χ4v) is 1.80. The molecule has 0 aromatic heterocycles. The molecule has 0 aromatic carbocycles. The summed E-state index contributed by atoms with van der Waals surface area (Å²) in [5.74, 6) is -1.73. The van der Waals surface area contributed by atoms with Crippen molar-refractivity contribution < 1.29 is 19.4 Å². The molecule has 5 heteroatoms. The van der Waals surface area contributed by atoms with Crippen molar-refractivity contribution in [1.82, 2.24) is 4.90 Å². The van der Waals surface area contributed by atoms with Gasteiger partial charge in [0.1, 0.15) is 0 Å². The first-order chi connectivity index (χ1) is 7.66. The maximum atomic E-state index is 11.6. The number of carbonyl (C=O) groups excluding carboxylic acids is 1. The number of esters is 1. The molecule has 0 radical (unpaired) electrons. The minimum absolute atomic E-state index is 0.312. The zero-order chi connectivity index (χ0) is 12.0. The maximum Gasteiger partial charge on any atom is 0.335 e. The first-order valence-corrected chi connectivity index (χ1v) is 5.80. The highest BCUT2D eigenvalue weighted by Gasteiger charge is 2.35. The van der Waals surface area contributed by atoms with Crippen molar-refractivity contribution in [2.75, 3.05) is 19.7 Å². The Morgan fingerprint density at radius 3 is 2.50 bits per heavy atom. The third kappa shape index (κ3) is 3.48. The number of carbonyl (C=O) groups is 2. The molecule has 1 heterocycles. The number of ether oxygens (including phenoxy) is 1. The second-order valence-electron chi connectivity index (χ2n) is 4.00. The second kappa shape index (κ2) is 6.48. The van der Waals surface area contributed by atoms with Crippen molar-refractivity contribution >= 4 is 11.9 Å². The van der Waals surface area contributed by atoms with E-state index in [9.17, 15) is 9.59 Å². The lowest BCUT2D eigenvalue weighted by Gasteiger charge is -2.21. The lowest BCUT2D eigenvalue weighted by Crippen LogP contribution is -2.46. The molecular formula is C11H19NO4. The van der Waals surface area contributed by atoms with Crippen LogP contribution in [-0.2, 0) is 14.3 Å². The van der Waals surface area contributed by atoms with Gasteiger partial charge in [-0.05, 0) is 32.4 Å². The van der Waals surface area contributed by atoms with Gasteiger partial charge in [0.15, 0.2) is 0 Å². The van der Waals surface area contributed by atoms with Gasteiger partial charge in [-0.1, -0.05) is 13.3 Å². The van der Waals surface area contributed by atoms with E-state index in [0.29, 0.717) is 19.7 Å². The number of carboxylic acid groups (broad SMARTS) is 1. The van der Waals surface area contributed by atoms with Gasteiger partial charge in [-0.15, -0.1) is 0 Å². The summed E-state index contributed by atoms with van der Waals surface area (Å²) in [5, 5.41) is 9.02. The smallest absolute Gasteiger partial charge is 0.335 e. The Balaban J connectivity index is 2.48. The molecule has 16 heavy (non-hydrogen) atoms. The average Bonchev–Trinajstić information content (AvgIpc) is 2.71. The number of nitrogens with zero attached hydrogens (tertiary/aromatic N) is 1. The van der Waals surface area contributed by atoms with Gasteiger partial charge in [-0.3, -0.25) is 4.90 Å². The van der Waals surface area contributed by atoms with Gasteiger partial charge in [0, 0.05) is 0 Å². The van der Waals surface area contributed by atoms with E-state index >= 15 is 0 Å². The van der Waals surface area contributed by atoms with E-state index in [1.807, 2.05) is 6.92 Å². The first-order valence-electron chi connectivity index (χ1n) is 5.80. The maximum absolute atomic E-state index is 11.6. The van der Waals surface area contributed by atoms with Crippen LogP contribution in [0.1, 0.15) is 32.6 Å². The van der Waals surface area contributed by atoms with Crippen LogP contribution in [0.3, 0.4) is 0 Å². The highest BCUT2D eigenvalue weighted by atomic mass is 16.5. The quantitative estimate of drug-likeness (QED) is 0.416. The molecule has 92 valence electrons. The highest BCUT2D eigenvalue weighted by Crippen LogP contribution is 2.13. The van der Waals surface area contributed by atoms with E-state index in [4.69, 9.17) is 9.84 Å². The molecule has 1 N–H and O–H groups in total. The fourth-order valence-electron chi connectivity index (χ4n) is 1.80. The molecule has 1 fully saturated rings. The third-order valence-electron chi connectivity index (χ3n) is 2.71. The van der Waals surface area contributed by atoms with Crippen molar-refractivity contribution in [3.05, 3.63) is 0 Å². The van der Waals surface area contributed by atoms with Crippen molar-refractivity contribution in [3.63, 3.8) is 0 Å². The molecule has 1 aliphatic rings. The topological polar surface area (TPSA) is 66.8 Å². The lowest BCUT2D eigenvalue weighted by molar-refractivity contribution is -0.160. The van der Waals surface area contributed by atoms with Crippen LogP contribution in [0.25, 0.3) is 0 Å². The summed E-state index contributed by atoms with van der Waals surface area (Å²) in [6.45, 7) is 3.63. The van der Waals surface area contributed by atoms with E-state index in [2.05, 4.69) is 0 Å². The summed E-state index contributed by atoms with van der Waals surface area (Å²) in [6, 6.07) is -1.11. The number of rotatable bonds is 6. The summed E-state index contributed by atoms with van der Waals surface area (Å²) in [7, 11) is 0. The Bertz CT molecular complexity index is 248. The summed E-state index contributed by atoms with van der Waals surface area (Å²) >= 11 is 0. The molecule has 0 spiro atoms. The molecule has 0 bridgehead atoms. The van der Waals surface area contributed by atoms with E-state index in [-0.39, 0.29) is 0 Å². The Morgan fingerprint density at radius 1 is 1.38 bits per heavy atom. The molecule has 0 aliphatic carbocycles. The number of aliphatic carboxylic acids is 1. The van der Waals surface area contributed by atoms with Crippen molar-refractivity contribution in [2.24, 2.45) is 0 Å². The van der Waals surface area contributed by atoms with Gasteiger partial charge in [0.05, 0.1) is 6.61 Å². The summed E-state index contributed by atoms with van der Waals surface area (Å²) < 4.78 is 4.96. The van der Waals surface area contributed by atoms with Crippen LogP contribution in [0.15, 0.2) is 0 Å². The molecular weight excluding hydrogens is 210 g/mol. The zero-order valence-corrected chi connectivity index (χ0v) is 9.65. The Kier molecular flexibility index (Phi) is 5.25. The van der Waals surface area contributed by atoms with E-state index in [1.165, 1.54) is 0 Å². The van der Waals surface area contributed by atoms with Crippen molar-refractivity contribution in [3.8, 4) is 0 Å². The van der Waals surface area contributed by atoms with Gasteiger partial charge < -0.3 is 9.84 Å². The van der Waals surface area contributed by atoms with Crippen LogP contribution in [0.4, 0.5) is 0 Å². The van der Waals surface area contributed by atoms with Crippen LogP contribution in [-0.4, -0.2) is 47.7 Å². The number of carboxylic acids is 1. The molecule has 5 nitrogen and oxygen atoms in total. The predicted molar refractivity (Wildman–Crippen MR) is 58.1 cm³/mol. The number of likely N-dealkylation sites (tertiary alicyclic amines) is 1. The molecule has 1 aliphatic heterocycles. The molecule has 0 aromatic rings. The van der Waals surface area contributed by atoms with Crippen LogP contribution in [0, 0.1) is 0 Å². The molecule has 1 unspecified atom stereocenters. The summed E-state index contributed by atoms with van der Waals surface area (Å²) in [5.41, 5.74) is 0. The first kappa shape index (κ1) is 13.0. The highest BCUT2D eigenvalue weighted by molar-refractivity contribution is 5.98. The van der Waals surface area contributed by atoms with Crippen molar-refractivity contribution in [1.29, 1.82) is 0 Å². The minimum Gasteiger partial charge on any atom is -0.480 e. The number of hydrogen-bond donors (Lipinski definition) is 1. The summed E-state index contributed by atoms with van der Waals surface area (Å²) in [6.07, 6.45) is 3.60. The number of unbranched alkanes of at least 4 members (excludes halogenated alkanes) is 1. The van der Waals surface area contributed by atoms with Crippen molar-refractivity contribution in [2.45, 2.75) is 38.6 Å². The largest absolute Gasteiger partial charge is 0.480 e. The SMILES string of the molecule is CCCCOC(=O)C(C(=O)O)N1CCCC1. The molecule has 1 atom stereocenters. The summed E-state index contributed by atoms with van der Waals surface area (Å²) in [4.78, 5) is 24.3. The zero-order valence-electron chi connectivity index (χ0n) is 9.65. The Labute approximate surface area is 95.4 Å². The predicted octanol–water partition coefficient (Wildman–Crippen LogP) is 0.879.